The van der Waals surface area contributed by atoms with Crippen molar-refractivity contribution in [3.8, 4) is 0 Å². The number of hydrogen-bond donors (Lipinski definition) is 2. The van der Waals surface area contributed by atoms with Gasteiger partial charge in [0.2, 0.25) is 0 Å². The highest BCUT2D eigenvalue weighted by atomic mass is 15.2. The van der Waals surface area contributed by atoms with Crippen LogP contribution in [0.1, 0.15) is 12.8 Å². The van der Waals surface area contributed by atoms with Crippen LogP contribution in [-0.2, 0) is 0 Å². The predicted octanol–water partition coefficient (Wildman–Crippen LogP) is 0.541. The minimum atomic E-state index is 0.497. The fraction of sp³-hybridized carbons (Fsp3) is 0.545. The highest BCUT2D eigenvalue weighted by molar-refractivity contribution is 5.86. The van der Waals surface area contributed by atoms with Gasteiger partial charge >= 0.3 is 0 Å². The number of hydrogen-bond acceptors (Lipinski definition) is 5. The third kappa shape index (κ3) is 1.84. The van der Waals surface area contributed by atoms with Crippen molar-refractivity contribution in [3.05, 3.63) is 12.5 Å². The van der Waals surface area contributed by atoms with E-state index in [0.717, 1.165) is 29.9 Å². The van der Waals surface area contributed by atoms with Crippen molar-refractivity contribution in [2.75, 3.05) is 25.0 Å². The summed E-state index contributed by atoms with van der Waals surface area (Å²) in [6.45, 7) is 2.13. The maximum atomic E-state index is 4.38. The number of rotatable bonds is 2. The molecule has 1 aliphatic heterocycles. The molecule has 2 aromatic rings. The van der Waals surface area contributed by atoms with E-state index in [9.17, 15) is 0 Å². The van der Waals surface area contributed by atoms with E-state index in [-0.39, 0.29) is 0 Å². The average Bonchev–Trinajstić information content (AvgIpc) is 2.87. The molecule has 1 aliphatic rings. The van der Waals surface area contributed by atoms with E-state index in [1.165, 1.54) is 12.8 Å². The van der Waals surface area contributed by atoms with E-state index in [4.69, 9.17) is 0 Å². The van der Waals surface area contributed by atoms with Crippen molar-refractivity contribution >= 4 is 16.9 Å². The van der Waals surface area contributed by atoms with Crippen LogP contribution in [0.15, 0.2) is 12.5 Å². The Labute approximate surface area is 99.4 Å². The van der Waals surface area contributed by atoms with Gasteiger partial charge in [0.25, 0.3) is 0 Å². The minimum Gasteiger partial charge on any atom is -0.355 e. The van der Waals surface area contributed by atoms with E-state index in [1.807, 2.05) is 0 Å². The minimum absolute atomic E-state index is 0.497. The summed E-state index contributed by atoms with van der Waals surface area (Å²) in [5.74, 6) is 0.956. The van der Waals surface area contributed by atoms with Crippen LogP contribution in [0.25, 0.3) is 11.0 Å². The van der Waals surface area contributed by atoms with Crippen molar-refractivity contribution in [2.24, 2.45) is 0 Å². The Morgan fingerprint density at radius 3 is 3.18 bits per heavy atom. The first-order chi connectivity index (χ1) is 8.36. The molecular formula is C11H16N6. The Kier molecular flexibility index (Phi) is 2.64. The molecule has 17 heavy (non-hydrogen) atoms. The van der Waals surface area contributed by atoms with Crippen molar-refractivity contribution in [2.45, 2.75) is 18.9 Å². The molecule has 1 fully saturated rings. The molecule has 2 aromatic heterocycles. The lowest BCUT2D eigenvalue weighted by molar-refractivity contribution is 0.444. The molecule has 1 saturated heterocycles. The van der Waals surface area contributed by atoms with Crippen molar-refractivity contribution < 1.29 is 0 Å². The van der Waals surface area contributed by atoms with E-state index < -0.39 is 0 Å². The zero-order valence-corrected chi connectivity index (χ0v) is 9.85. The topological polar surface area (TPSA) is 69.7 Å². The lowest BCUT2D eigenvalue weighted by Gasteiger charge is -2.32. The van der Waals surface area contributed by atoms with Gasteiger partial charge < -0.3 is 10.2 Å². The van der Waals surface area contributed by atoms with Crippen LogP contribution in [0, 0.1) is 0 Å². The normalized spacial score (nSPS) is 20.6. The van der Waals surface area contributed by atoms with Crippen LogP contribution in [0.4, 0.5) is 5.82 Å². The molecule has 0 bridgehead atoms. The van der Waals surface area contributed by atoms with Crippen LogP contribution < -0.4 is 10.2 Å². The van der Waals surface area contributed by atoms with Gasteiger partial charge in [-0.2, -0.15) is 5.10 Å². The number of anilines is 1. The van der Waals surface area contributed by atoms with Crippen LogP contribution >= 0.6 is 0 Å². The van der Waals surface area contributed by atoms with Crippen LogP contribution in [0.2, 0.25) is 0 Å². The van der Waals surface area contributed by atoms with Gasteiger partial charge in [-0.25, -0.2) is 9.97 Å². The Bertz CT molecular complexity index is 501. The first-order valence-electron chi connectivity index (χ1n) is 5.94. The van der Waals surface area contributed by atoms with Crippen molar-refractivity contribution in [1.29, 1.82) is 0 Å². The van der Waals surface area contributed by atoms with Crippen molar-refractivity contribution in [3.63, 3.8) is 0 Å². The Balaban J connectivity index is 1.94. The second-order valence-electron chi connectivity index (χ2n) is 4.44. The van der Waals surface area contributed by atoms with Gasteiger partial charge in [0.15, 0.2) is 5.65 Å². The molecule has 0 saturated carbocycles. The molecule has 0 amide bonds. The number of fused-ring (bicyclic) bond motifs is 1. The van der Waals surface area contributed by atoms with Crippen molar-refractivity contribution in [1.82, 2.24) is 25.5 Å². The first kappa shape index (κ1) is 10.5. The van der Waals surface area contributed by atoms with Gasteiger partial charge in [-0.1, -0.05) is 0 Å². The molecule has 1 atom stereocenters. The lowest BCUT2D eigenvalue weighted by atomic mass is 10.1. The van der Waals surface area contributed by atoms with Gasteiger partial charge in [-0.05, 0) is 19.4 Å². The lowest BCUT2D eigenvalue weighted by Crippen LogP contribution is -2.44. The summed E-state index contributed by atoms with van der Waals surface area (Å²) in [6, 6.07) is 0.497. The highest BCUT2D eigenvalue weighted by Crippen LogP contribution is 2.23. The van der Waals surface area contributed by atoms with E-state index in [2.05, 4.69) is 37.4 Å². The van der Waals surface area contributed by atoms with Crippen LogP contribution in [-0.4, -0.2) is 46.3 Å². The Morgan fingerprint density at radius 2 is 2.35 bits per heavy atom. The Morgan fingerprint density at radius 1 is 1.41 bits per heavy atom. The molecule has 6 nitrogen and oxygen atoms in total. The molecule has 0 radical (unpaired) electrons. The fourth-order valence-corrected chi connectivity index (χ4v) is 2.37. The molecule has 3 heterocycles. The smallest absolute Gasteiger partial charge is 0.160 e. The number of nitrogens with one attached hydrogen (secondary N) is 2. The maximum Gasteiger partial charge on any atom is 0.160 e. The maximum absolute atomic E-state index is 4.38. The number of aromatic amines is 1. The molecule has 6 heteroatoms. The van der Waals surface area contributed by atoms with E-state index in [0.29, 0.717) is 6.04 Å². The van der Waals surface area contributed by atoms with E-state index >= 15 is 0 Å². The molecule has 3 rings (SSSR count). The van der Waals surface area contributed by atoms with Gasteiger partial charge in [0.05, 0.1) is 11.6 Å². The zero-order chi connectivity index (χ0) is 11.7. The zero-order valence-electron chi connectivity index (χ0n) is 9.85. The Hall–Kier alpha value is -1.69. The number of piperidine rings is 1. The SMILES string of the molecule is CN(c1ncnc2[nH]ncc12)[C@H]1CCCNC1. The molecule has 2 N–H and O–H groups in total. The summed E-state index contributed by atoms with van der Waals surface area (Å²) >= 11 is 0. The molecule has 0 spiro atoms. The average molecular weight is 232 g/mol. The van der Waals surface area contributed by atoms with Gasteiger partial charge in [-0.15, -0.1) is 0 Å². The molecule has 0 aromatic carbocycles. The summed E-state index contributed by atoms with van der Waals surface area (Å²) < 4.78 is 0. The molecule has 0 aliphatic carbocycles. The molecule has 0 unspecified atom stereocenters. The monoisotopic (exact) mass is 232 g/mol. The third-order valence-corrected chi connectivity index (χ3v) is 3.38. The number of aromatic nitrogens is 4. The number of nitrogens with zero attached hydrogens (tertiary/aromatic N) is 4. The van der Waals surface area contributed by atoms with Gasteiger partial charge in [-0.3, -0.25) is 5.10 Å². The standard InChI is InChI=1S/C11H16N6/c1-17(8-3-2-4-12-5-8)11-9-6-15-16-10(9)13-7-14-11/h6-8,12H,2-5H2,1H3,(H,13,14,15,16)/t8-/m0/s1. The number of likely N-dealkylation sites (N-methyl/N-ethyl adjacent to an activating group) is 1. The van der Waals surface area contributed by atoms with E-state index in [1.54, 1.807) is 12.5 Å². The fourth-order valence-electron chi connectivity index (χ4n) is 2.37. The molecule has 90 valence electrons. The first-order valence-corrected chi connectivity index (χ1v) is 5.94. The van der Waals surface area contributed by atoms with Crippen LogP contribution in [0.5, 0.6) is 0 Å². The van der Waals surface area contributed by atoms with Gasteiger partial charge in [0.1, 0.15) is 12.1 Å². The summed E-state index contributed by atoms with van der Waals surface area (Å²) in [5, 5.41) is 11.3. The largest absolute Gasteiger partial charge is 0.355 e. The summed E-state index contributed by atoms with van der Waals surface area (Å²) in [5.41, 5.74) is 0.797. The van der Waals surface area contributed by atoms with Crippen LogP contribution in [0.3, 0.4) is 0 Å². The summed E-state index contributed by atoms with van der Waals surface area (Å²) in [7, 11) is 2.09. The van der Waals surface area contributed by atoms with Gasteiger partial charge in [0, 0.05) is 19.6 Å². The highest BCUT2D eigenvalue weighted by Gasteiger charge is 2.20. The second-order valence-corrected chi connectivity index (χ2v) is 4.44. The quantitative estimate of drug-likeness (QED) is 0.791. The second kappa shape index (κ2) is 4.29. The molecular weight excluding hydrogens is 216 g/mol. The summed E-state index contributed by atoms with van der Waals surface area (Å²) in [4.78, 5) is 10.8. The third-order valence-electron chi connectivity index (χ3n) is 3.38. The summed E-state index contributed by atoms with van der Waals surface area (Å²) in [6.07, 6.45) is 5.79. The number of H-pyrrole nitrogens is 1. The predicted molar refractivity (Wildman–Crippen MR) is 66.0 cm³/mol.